The number of carbonyl (C=O) groups excluding carboxylic acids is 1. The third-order valence-electron chi connectivity index (χ3n) is 0.968. The number of thiol groups is 1. The van der Waals surface area contributed by atoms with Crippen LogP contribution in [0.2, 0.25) is 0 Å². The van der Waals surface area contributed by atoms with Gasteiger partial charge in [-0.15, -0.1) is 0 Å². The molecular formula is C5H11NOS. The molecule has 1 atom stereocenters. The molecule has 3 heteroatoms. The Kier molecular flexibility index (Phi) is 3.69. The third-order valence-corrected chi connectivity index (χ3v) is 1.52. The van der Waals surface area contributed by atoms with Crippen molar-refractivity contribution >= 4 is 18.5 Å². The van der Waals surface area contributed by atoms with E-state index in [1.165, 1.54) is 0 Å². The summed E-state index contributed by atoms with van der Waals surface area (Å²) in [5.74, 6) is 0.697. The molecule has 0 aliphatic carbocycles. The van der Waals surface area contributed by atoms with Crippen molar-refractivity contribution in [2.45, 2.75) is 6.92 Å². The molecule has 1 amide bonds. The maximum absolute atomic E-state index is 10.6. The van der Waals surface area contributed by atoms with E-state index in [1.807, 2.05) is 6.92 Å². The minimum absolute atomic E-state index is 0.0309. The lowest BCUT2D eigenvalue weighted by Gasteiger charge is -2.03. The van der Waals surface area contributed by atoms with Gasteiger partial charge in [0, 0.05) is 18.7 Å². The predicted octanol–water partition coefficient (Wildman–Crippen LogP) is 0.298. The summed E-state index contributed by atoms with van der Waals surface area (Å²) in [6.45, 7) is 1.84. The van der Waals surface area contributed by atoms with E-state index in [0.29, 0.717) is 5.75 Å². The lowest BCUT2D eigenvalue weighted by molar-refractivity contribution is -0.123. The van der Waals surface area contributed by atoms with Crippen molar-refractivity contribution in [2.75, 3.05) is 12.8 Å². The van der Waals surface area contributed by atoms with E-state index in [1.54, 1.807) is 7.05 Å². The van der Waals surface area contributed by atoms with E-state index < -0.39 is 0 Å². The van der Waals surface area contributed by atoms with Gasteiger partial charge in [0.2, 0.25) is 5.91 Å². The lowest BCUT2D eigenvalue weighted by atomic mass is 10.2. The fraction of sp³-hybridized carbons (Fsp3) is 0.800. The molecule has 0 saturated heterocycles. The number of nitrogens with one attached hydrogen (secondary N) is 1. The van der Waals surface area contributed by atoms with Crippen molar-refractivity contribution in [1.82, 2.24) is 5.32 Å². The van der Waals surface area contributed by atoms with Gasteiger partial charge >= 0.3 is 0 Å². The third kappa shape index (κ3) is 2.21. The molecule has 0 aromatic rings. The summed E-state index contributed by atoms with van der Waals surface area (Å²) in [7, 11) is 1.63. The molecule has 2 nitrogen and oxygen atoms in total. The first kappa shape index (κ1) is 7.82. The van der Waals surface area contributed by atoms with Crippen LogP contribution in [0.1, 0.15) is 6.92 Å². The van der Waals surface area contributed by atoms with Crippen molar-refractivity contribution in [3.8, 4) is 0 Å². The van der Waals surface area contributed by atoms with Gasteiger partial charge < -0.3 is 5.32 Å². The average Bonchev–Trinajstić information content (AvgIpc) is 1.84. The smallest absolute Gasteiger partial charge is 0.223 e. The minimum Gasteiger partial charge on any atom is -0.359 e. The van der Waals surface area contributed by atoms with Crippen molar-refractivity contribution in [2.24, 2.45) is 5.92 Å². The second-order valence-corrected chi connectivity index (χ2v) is 2.06. The first-order valence-electron chi connectivity index (χ1n) is 2.54. The van der Waals surface area contributed by atoms with Gasteiger partial charge in [0.1, 0.15) is 0 Å². The van der Waals surface area contributed by atoms with Gasteiger partial charge in [-0.3, -0.25) is 4.79 Å². The number of rotatable bonds is 2. The van der Waals surface area contributed by atoms with Crippen LogP contribution in [-0.2, 0) is 4.79 Å². The Hall–Kier alpha value is -0.180. The van der Waals surface area contributed by atoms with Crippen LogP contribution < -0.4 is 5.32 Å². The Bertz CT molecular complexity index is 84.5. The van der Waals surface area contributed by atoms with Crippen LogP contribution in [0.5, 0.6) is 0 Å². The molecule has 0 bridgehead atoms. The molecule has 0 rings (SSSR count). The highest BCUT2D eigenvalue weighted by Crippen LogP contribution is 1.94. The number of hydrogen-bond donors (Lipinski definition) is 2. The van der Waals surface area contributed by atoms with E-state index in [-0.39, 0.29) is 11.8 Å². The molecule has 8 heavy (non-hydrogen) atoms. The van der Waals surface area contributed by atoms with E-state index >= 15 is 0 Å². The molecule has 0 aliphatic heterocycles. The van der Waals surface area contributed by atoms with Gasteiger partial charge in [0.25, 0.3) is 0 Å². The number of amides is 1. The zero-order valence-electron chi connectivity index (χ0n) is 5.14. The standard InChI is InChI=1S/C5H11NOS/c1-4(3-8)5(7)6-2/h4,8H,3H2,1-2H3,(H,6,7). The zero-order valence-corrected chi connectivity index (χ0v) is 6.03. The van der Waals surface area contributed by atoms with Gasteiger partial charge in [-0.05, 0) is 0 Å². The second-order valence-electron chi connectivity index (χ2n) is 1.70. The summed E-state index contributed by atoms with van der Waals surface area (Å²) in [5.41, 5.74) is 0. The van der Waals surface area contributed by atoms with E-state index in [9.17, 15) is 4.79 Å². The molecule has 0 fully saturated rings. The largest absolute Gasteiger partial charge is 0.359 e. The Morgan fingerprint density at radius 2 is 2.38 bits per heavy atom. The van der Waals surface area contributed by atoms with Crippen LogP contribution in [0.25, 0.3) is 0 Å². The van der Waals surface area contributed by atoms with Crippen molar-refractivity contribution in [1.29, 1.82) is 0 Å². The highest BCUT2D eigenvalue weighted by atomic mass is 32.1. The summed E-state index contributed by atoms with van der Waals surface area (Å²) >= 11 is 3.95. The topological polar surface area (TPSA) is 29.1 Å². The summed E-state index contributed by atoms with van der Waals surface area (Å²) in [6.07, 6.45) is 0. The normalized spacial score (nSPS) is 12.9. The Labute approximate surface area is 55.1 Å². The van der Waals surface area contributed by atoms with Crippen LogP contribution in [-0.4, -0.2) is 18.7 Å². The van der Waals surface area contributed by atoms with E-state index in [0.717, 1.165) is 0 Å². The Morgan fingerprint density at radius 1 is 1.88 bits per heavy atom. The Morgan fingerprint density at radius 3 is 2.50 bits per heavy atom. The van der Waals surface area contributed by atoms with Gasteiger partial charge in [-0.25, -0.2) is 0 Å². The van der Waals surface area contributed by atoms with Crippen LogP contribution in [0.3, 0.4) is 0 Å². The lowest BCUT2D eigenvalue weighted by Crippen LogP contribution is -2.26. The van der Waals surface area contributed by atoms with E-state index in [4.69, 9.17) is 0 Å². The number of hydrogen-bond acceptors (Lipinski definition) is 2. The van der Waals surface area contributed by atoms with Crippen molar-refractivity contribution in [3.63, 3.8) is 0 Å². The summed E-state index contributed by atoms with van der Waals surface area (Å²) in [4.78, 5) is 10.6. The average molecular weight is 133 g/mol. The molecule has 0 aromatic carbocycles. The molecule has 1 N–H and O–H groups in total. The van der Waals surface area contributed by atoms with Gasteiger partial charge in [-0.2, -0.15) is 12.6 Å². The molecule has 0 spiro atoms. The SMILES string of the molecule is CNC(=O)C(C)CS. The molecule has 0 aliphatic rings. The fourth-order valence-electron chi connectivity index (χ4n) is 0.329. The predicted molar refractivity (Wildman–Crippen MR) is 37.1 cm³/mol. The van der Waals surface area contributed by atoms with Crippen LogP contribution >= 0.6 is 12.6 Å². The maximum Gasteiger partial charge on any atom is 0.223 e. The molecule has 0 heterocycles. The first-order chi connectivity index (χ1) is 3.72. The van der Waals surface area contributed by atoms with Crippen LogP contribution in [0.4, 0.5) is 0 Å². The minimum atomic E-state index is 0.0309. The van der Waals surface area contributed by atoms with E-state index in [2.05, 4.69) is 17.9 Å². The summed E-state index contributed by atoms with van der Waals surface area (Å²) in [5, 5.41) is 2.53. The zero-order chi connectivity index (χ0) is 6.57. The van der Waals surface area contributed by atoms with Crippen LogP contribution in [0, 0.1) is 5.92 Å². The number of carbonyl (C=O) groups is 1. The van der Waals surface area contributed by atoms with Gasteiger partial charge in [0.15, 0.2) is 0 Å². The molecule has 0 saturated carbocycles. The monoisotopic (exact) mass is 133 g/mol. The molecule has 48 valence electrons. The highest BCUT2D eigenvalue weighted by Gasteiger charge is 2.06. The summed E-state index contributed by atoms with van der Waals surface area (Å²) in [6, 6.07) is 0. The fourth-order valence-corrected chi connectivity index (χ4v) is 0.495. The quantitative estimate of drug-likeness (QED) is 0.521. The van der Waals surface area contributed by atoms with Gasteiger partial charge in [-0.1, -0.05) is 6.92 Å². The maximum atomic E-state index is 10.6. The second kappa shape index (κ2) is 3.78. The molecule has 0 aromatic heterocycles. The van der Waals surface area contributed by atoms with Crippen molar-refractivity contribution < 1.29 is 4.79 Å². The highest BCUT2D eigenvalue weighted by molar-refractivity contribution is 7.80. The molecule has 0 radical (unpaired) electrons. The molecule has 1 unspecified atom stereocenters. The van der Waals surface area contributed by atoms with Gasteiger partial charge in [0.05, 0.1) is 0 Å². The van der Waals surface area contributed by atoms with Crippen molar-refractivity contribution in [3.05, 3.63) is 0 Å². The Balaban J connectivity index is 3.46. The first-order valence-corrected chi connectivity index (χ1v) is 3.18. The molecular weight excluding hydrogens is 122 g/mol. The summed E-state index contributed by atoms with van der Waals surface area (Å²) < 4.78 is 0. The van der Waals surface area contributed by atoms with Crippen LogP contribution in [0.15, 0.2) is 0 Å².